The number of aromatic nitrogens is 4. The Balaban J connectivity index is 0.00000248. The number of nitrogens with zero attached hydrogens (tertiary/aromatic N) is 4. The third-order valence-corrected chi connectivity index (χ3v) is 17.1. The van der Waals surface area contributed by atoms with Crippen LogP contribution < -0.4 is 0 Å². The van der Waals surface area contributed by atoms with E-state index < -0.39 is 0 Å². The van der Waals surface area contributed by atoms with Crippen LogP contribution in [0.1, 0.15) is 103 Å². The molecule has 0 N–H and O–H groups in total. The summed E-state index contributed by atoms with van der Waals surface area (Å²) in [7, 11) is 0. The summed E-state index contributed by atoms with van der Waals surface area (Å²) in [6, 6.07) is 25.4. The minimum Gasteiger partial charge on any atom is -0.224 e. The number of hydrogen-bond donors (Lipinski definition) is 0. The number of hydrogen-bond acceptors (Lipinski definition) is 10. The molecule has 2 atom stereocenters. The molecule has 2 unspecified atom stereocenters. The van der Waals surface area contributed by atoms with Gasteiger partial charge in [0, 0.05) is 79.4 Å². The molecule has 0 saturated heterocycles. The molecule has 0 spiro atoms. The van der Waals surface area contributed by atoms with Gasteiger partial charge in [0.1, 0.15) is 0 Å². The van der Waals surface area contributed by atoms with Gasteiger partial charge in [-0.05, 0) is 78.2 Å². The van der Waals surface area contributed by atoms with E-state index in [9.17, 15) is 0 Å². The van der Waals surface area contributed by atoms with Crippen molar-refractivity contribution in [3.05, 3.63) is 82.6 Å². The molecule has 57 heavy (non-hydrogen) atoms. The molecule has 0 fully saturated rings. The molecule has 9 rings (SSSR count). The molecular weight excluding hydrogens is 1160 g/mol. The monoisotopic (exact) mass is 1200 g/mol. The zero-order chi connectivity index (χ0) is 37.5. The molecule has 1 aliphatic carbocycles. The number of thiophene rings is 4. The van der Waals surface area contributed by atoms with E-state index in [1.165, 1.54) is 117 Å². The van der Waals surface area contributed by atoms with E-state index in [1.807, 2.05) is 22.7 Å². The largest absolute Gasteiger partial charge is 0.224 e. The SMILES string of the molecule is CCCCC(CC)CC1(CC(CC)CCCC)c2cc(-c3c[c-]c(-c4cccs4)c4nsnc34)sc2-c2sc(-c3c[c-]c(-c4cccs4)c4nsnc34)cc21.[W].[W]. The molecule has 0 radical (unpaired) electrons. The second-order valence-corrected chi connectivity index (χ2v) is 20.1. The van der Waals surface area contributed by atoms with Gasteiger partial charge in [-0.25, -0.2) is 8.75 Å². The summed E-state index contributed by atoms with van der Waals surface area (Å²) in [4.78, 5) is 7.83. The smallest absolute Gasteiger partial charge is 0.0572 e. The Morgan fingerprint density at radius 2 is 1.04 bits per heavy atom. The first-order valence-electron chi connectivity index (χ1n) is 19.8. The molecule has 0 aliphatic heterocycles. The van der Waals surface area contributed by atoms with Crippen molar-refractivity contribution in [3.63, 3.8) is 0 Å². The summed E-state index contributed by atoms with van der Waals surface area (Å²) in [5, 5.41) is 4.25. The Bertz CT molecular complexity index is 2370. The van der Waals surface area contributed by atoms with Gasteiger partial charge in [-0.3, -0.25) is 0 Å². The van der Waals surface area contributed by atoms with E-state index in [4.69, 9.17) is 17.5 Å². The molecule has 0 saturated carbocycles. The molecule has 4 nitrogen and oxygen atoms in total. The maximum Gasteiger partial charge on any atom is 0.0572 e. The predicted molar refractivity (Wildman–Crippen MR) is 241 cm³/mol. The molecule has 6 aromatic heterocycles. The van der Waals surface area contributed by atoms with Crippen molar-refractivity contribution in [2.45, 2.75) is 97.3 Å². The van der Waals surface area contributed by atoms with Crippen LogP contribution in [0.25, 0.3) is 73.6 Å². The van der Waals surface area contributed by atoms with Crippen molar-refractivity contribution >= 4 is 90.9 Å². The van der Waals surface area contributed by atoms with Gasteiger partial charge < -0.3 is 0 Å². The van der Waals surface area contributed by atoms with Gasteiger partial charge in [0.2, 0.25) is 0 Å². The van der Waals surface area contributed by atoms with Crippen LogP contribution in [0.5, 0.6) is 0 Å². The van der Waals surface area contributed by atoms with Crippen molar-refractivity contribution in [1.29, 1.82) is 0 Å². The normalized spacial score (nSPS) is 14.0. The number of benzene rings is 2. The summed E-state index contributed by atoms with van der Waals surface area (Å²) in [6.45, 7) is 9.52. The summed E-state index contributed by atoms with van der Waals surface area (Å²) in [5.41, 5.74) is 11.4. The fourth-order valence-corrected chi connectivity index (χ4v) is 14.2. The third-order valence-electron chi connectivity index (χ3n) is 11.8. The Morgan fingerprint density at radius 1 is 0.596 bits per heavy atom. The van der Waals surface area contributed by atoms with Crippen LogP contribution in [-0.2, 0) is 47.5 Å². The number of rotatable bonds is 16. The molecule has 8 aromatic rings. The van der Waals surface area contributed by atoms with Crippen molar-refractivity contribution in [2.24, 2.45) is 11.8 Å². The van der Waals surface area contributed by atoms with Crippen molar-refractivity contribution in [1.82, 2.24) is 17.5 Å². The first kappa shape index (κ1) is 43.3. The number of unbranched alkanes of at least 4 members (excludes halogenated alkanes) is 2. The van der Waals surface area contributed by atoms with E-state index in [0.29, 0.717) is 11.8 Å². The minimum absolute atomic E-state index is 0. The summed E-state index contributed by atoms with van der Waals surface area (Å²) in [5.74, 6) is 1.32. The molecule has 0 amide bonds. The van der Waals surface area contributed by atoms with Crippen molar-refractivity contribution < 1.29 is 42.1 Å². The fraction of sp³-hybridized carbons (Fsp3) is 0.378. The Hall–Kier alpha value is -1.74. The first-order valence-corrected chi connectivity index (χ1v) is 24.6. The van der Waals surface area contributed by atoms with Gasteiger partial charge in [0.25, 0.3) is 0 Å². The second kappa shape index (κ2) is 18.9. The van der Waals surface area contributed by atoms with Crippen molar-refractivity contribution in [3.8, 4) is 51.5 Å². The number of fused-ring (bicyclic) bond motifs is 5. The Morgan fingerprint density at radius 3 is 1.42 bits per heavy atom. The van der Waals surface area contributed by atoms with Crippen molar-refractivity contribution in [2.75, 3.05) is 0 Å². The van der Waals surface area contributed by atoms with E-state index >= 15 is 0 Å². The van der Waals surface area contributed by atoms with Gasteiger partial charge in [-0.15, -0.1) is 58.1 Å². The van der Waals surface area contributed by atoms with Gasteiger partial charge in [-0.1, -0.05) is 114 Å². The Labute approximate surface area is 389 Å². The molecule has 1 aliphatic rings. The fourth-order valence-electron chi connectivity index (χ4n) is 8.85. The molecular formula is C45H44N4S6W2-2. The quantitative estimate of drug-likeness (QED) is 0.0905. The first-order chi connectivity index (χ1) is 27.1. The van der Waals surface area contributed by atoms with Crippen LogP contribution in [0.3, 0.4) is 0 Å². The minimum atomic E-state index is -0.0584. The van der Waals surface area contributed by atoms with Crippen LogP contribution >= 0.6 is 68.8 Å². The Kier molecular flexibility index (Phi) is 14.4. The van der Waals surface area contributed by atoms with Gasteiger partial charge in [-0.2, -0.15) is 31.4 Å². The van der Waals surface area contributed by atoms with E-state index in [-0.39, 0.29) is 47.5 Å². The molecule has 6 heterocycles. The predicted octanol–water partition coefficient (Wildman–Crippen LogP) is 15.7. The average Bonchev–Trinajstić information content (AvgIpc) is 4.06. The average molecular weight is 1200 g/mol. The van der Waals surface area contributed by atoms with E-state index in [0.717, 1.165) is 44.3 Å². The molecule has 0 bridgehead atoms. The van der Waals surface area contributed by atoms with Crippen LogP contribution in [0, 0.1) is 24.0 Å². The molecule has 294 valence electrons. The standard InChI is InChI=1S/C45H44N4S6.2W/c1-5-9-13-27(7-3)25-45(26-28(8-4)14-10-6-2)33-23-37(31-19-17-29(35-15-11-21-50-35)39-41(31)48-54-46-39)52-43(33)44-34(45)24-38(53-44)32-20-18-30(36-16-12-22-51-36)40-42(32)49-55-47-40;;/h11-12,15-16,19-24,27-28H,5-10,13-14,25-26H2,1-4H3;;/q-2;;. The maximum atomic E-state index is 4.92. The molecule has 2 aromatic carbocycles. The maximum absolute atomic E-state index is 4.92. The van der Waals surface area contributed by atoms with E-state index in [1.54, 1.807) is 33.8 Å². The van der Waals surface area contributed by atoms with Crippen LogP contribution in [-0.4, -0.2) is 17.5 Å². The zero-order valence-corrected chi connectivity index (χ0v) is 43.3. The summed E-state index contributed by atoms with van der Waals surface area (Å²) < 4.78 is 19.5. The topological polar surface area (TPSA) is 51.6 Å². The zero-order valence-electron chi connectivity index (χ0n) is 32.6. The molecule has 12 heteroatoms. The van der Waals surface area contributed by atoms with Crippen LogP contribution in [0.15, 0.2) is 59.3 Å². The van der Waals surface area contributed by atoms with Gasteiger partial charge >= 0.3 is 0 Å². The van der Waals surface area contributed by atoms with Crippen LogP contribution in [0.4, 0.5) is 0 Å². The van der Waals surface area contributed by atoms with Gasteiger partial charge in [0.15, 0.2) is 0 Å². The summed E-state index contributed by atoms with van der Waals surface area (Å²) >= 11 is 10.0. The van der Waals surface area contributed by atoms with E-state index in [2.05, 4.69) is 99.1 Å². The summed E-state index contributed by atoms with van der Waals surface area (Å²) in [6.07, 6.45) is 12.4. The van der Waals surface area contributed by atoms with Gasteiger partial charge in [0.05, 0.1) is 23.5 Å². The van der Waals surface area contributed by atoms with Crippen LogP contribution in [0.2, 0.25) is 0 Å². The third kappa shape index (κ3) is 7.98. The second-order valence-electron chi connectivity index (χ2n) is 15.1.